The third-order valence-electron chi connectivity index (χ3n) is 2.26. The molecule has 0 bridgehead atoms. The van der Waals surface area contributed by atoms with Crippen LogP contribution in [0.15, 0.2) is 22.7 Å². The first kappa shape index (κ1) is 8.30. The molecule has 2 nitrogen and oxygen atoms in total. The Kier molecular flexibility index (Phi) is 1.83. The lowest BCUT2D eigenvalue weighted by Gasteiger charge is -1.98. The van der Waals surface area contributed by atoms with E-state index in [2.05, 4.69) is 38.1 Å². The van der Waals surface area contributed by atoms with Crippen molar-refractivity contribution < 1.29 is 4.52 Å². The van der Waals surface area contributed by atoms with Crippen LogP contribution in [0.4, 0.5) is 0 Å². The van der Waals surface area contributed by atoms with E-state index in [1.807, 2.05) is 6.07 Å². The van der Waals surface area contributed by atoms with Crippen LogP contribution in [0, 0.1) is 6.92 Å². The van der Waals surface area contributed by atoms with Gasteiger partial charge in [-0.25, -0.2) is 0 Å². The average molecular weight is 175 g/mol. The molecule has 0 aliphatic carbocycles. The smallest absolute Gasteiger partial charge is 0.147 e. The SMILES string of the molecule is Cc1cccc2c(C(C)C)onc12. The number of benzene rings is 1. The van der Waals surface area contributed by atoms with Gasteiger partial charge in [-0.1, -0.05) is 31.1 Å². The lowest BCUT2D eigenvalue weighted by atomic mass is 10.1. The maximum Gasteiger partial charge on any atom is 0.147 e. The first-order chi connectivity index (χ1) is 6.20. The maximum atomic E-state index is 5.31. The van der Waals surface area contributed by atoms with Crippen molar-refractivity contribution >= 4 is 10.9 Å². The first-order valence-electron chi connectivity index (χ1n) is 4.55. The van der Waals surface area contributed by atoms with Crippen LogP contribution in [0.25, 0.3) is 10.9 Å². The van der Waals surface area contributed by atoms with Crippen molar-refractivity contribution in [3.8, 4) is 0 Å². The third-order valence-corrected chi connectivity index (χ3v) is 2.26. The predicted octanol–water partition coefficient (Wildman–Crippen LogP) is 3.26. The number of aromatic nitrogens is 1. The lowest BCUT2D eigenvalue weighted by molar-refractivity contribution is 0.378. The topological polar surface area (TPSA) is 26.0 Å². The number of nitrogens with zero attached hydrogens (tertiary/aromatic N) is 1. The molecule has 0 amide bonds. The molecular formula is C11H13NO. The highest BCUT2D eigenvalue weighted by molar-refractivity contribution is 5.83. The highest BCUT2D eigenvalue weighted by Crippen LogP contribution is 2.26. The van der Waals surface area contributed by atoms with Gasteiger partial charge in [0.1, 0.15) is 11.3 Å². The van der Waals surface area contributed by atoms with E-state index >= 15 is 0 Å². The van der Waals surface area contributed by atoms with Gasteiger partial charge >= 0.3 is 0 Å². The summed E-state index contributed by atoms with van der Waals surface area (Å²) >= 11 is 0. The van der Waals surface area contributed by atoms with Crippen LogP contribution < -0.4 is 0 Å². The van der Waals surface area contributed by atoms with Crippen molar-refractivity contribution in [2.24, 2.45) is 0 Å². The summed E-state index contributed by atoms with van der Waals surface area (Å²) in [7, 11) is 0. The van der Waals surface area contributed by atoms with Crippen molar-refractivity contribution in [2.75, 3.05) is 0 Å². The second kappa shape index (κ2) is 2.87. The molecule has 0 saturated heterocycles. The molecule has 2 rings (SSSR count). The van der Waals surface area contributed by atoms with Crippen molar-refractivity contribution in [1.29, 1.82) is 0 Å². The highest BCUT2D eigenvalue weighted by atomic mass is 16.5. The minimum atomic E-state index is 0.395. The molecular weight excluding hydrogens is 162 g/mol. The largest absolute Gasteiger partial charge is 0.360 e. The zero-order valence-corrected chi connectivity index (χ0v) is 8.16. The Labute approximate surface area is 77.5 Å². The number of aryl methyl sites for hydroxylation is 1. The van der Waals surface area contributed by atoms with Crippen LogP contribution in [-0.4, -0.2) is 5.16 Å². The summed E-state index contributed by atoms with van der Waals surface area (Å²) in [6, 6.07) is 6.16. The van der Waals surface area contributed by atoms with Crippen molar-refractivity contribution in [1.82, 2.24) is 5.16 Å². The van der Waals surface area contributed by atoms with Crippen LogP contribution in [-0.2, 0) is 0 Å². The van der Waals surface area contributed by atoms with Gasteiger partial charge in [0.05, 0.1) is 0 Å². The van der Waals surface area contributed by atoms with E-state index < -0.39 is 0 Å². The minimum Gasteiger partial charge on any atom is -0.360 e. The Morgan fingerprint density at radius 3 is 2.77 bits per heavy atom. The summed E-state index contributed by atoms with van der Waals surface area (Å²) in [6.07, 6.45) is 0. The van der Waals surface area contributed by atoms with Gasteiger partial charge in [-0.3, -0.25) is 0 Å². The second-order valence-electron chi connectivity index (χ2n) is 3.67. The maximum absolute atomic E-state index is 5.31. The molecule has 1 aromatic heterocycles. The van der Waals surface area contributed by atoms with Gasteiger partial charge in [0.15, 0.2) is 0 Å². The zero-order chi connectivity index (χ0) is 9.42. The van der Waals surface area contributed by atoms with Gasteiger partial charge in [-0.15, -0.1) is 0 Å². The van der Waals surface area contributed by atoms with Crippen LogP contribution in [0.5, 0.6) is 0 Å². The quantitative estimate of drug-likeness (QED) is 0.664. The molecule has 0 unspecified atom stereocenters. The van der Waals surface area contributed by atoms with E-state index in [-0.39, 0.29) is 0 Å². The Morgan fingerprint density at radius 1 is 1.31 bits per heavy atom. The van der Waals surface area contributed by atoms with Crippen LogP contribution in [0.3, 0.4) is 0 Å². The monoisotopic (exact) mass is 175 g/mol. The third kappa shape index (κ3) is 1.22. The summed E-state index contributed by atoms with van der Waals surface area (Å²) in [5.74, 6) is 1.38. The van der Waals surface area contributed by atoms with Gasteiger partial charge in [0.25, 0.3) is 0 Å². The summed E-state index contributed by atoms with van der Waals surface area (Å²) in [5.41, 5.74) is 2.17. The molecule has 0 N–H and O–H groups in total. The molecule has 0 atom stereocenters. The van der Waals surface area contributed by atoms with Gasteiger partial charge < -0.3 is 4.52 Å². The van der Waals surface area contributed by atoms with Gasteiger partial charge in [-0.05, 0) is 18.6 Å². The van der Waals surface area contributed by atoms with Crippen molar-refractivity contribution in [3.63, 3.8) is 0 Å². The minimum absolute atomic E-state index is 0.395. The number of hydrogen-bond donors (Lipinski definition) is 0. The molecule has 0 aliphatic heterocycles. The summed E-state index contributed by atoms with van der Waals surface area (Å²) in [6.45, 7) is 6.28. The molecule has 0 saturated carbocycles. The number of hydrogen-bond acceptors (Lipinski definition) is 2. The standard InChI is InChI=1S/C11H13NO/c1-7(2)11-9-6-4-5-8(3)10(9)12-13-11/h4-7H,1-3H3. The molecule has 1 heterocycles. The Balaban J connectivity index is 2.75. The fourth-order valence-corrected chi connectivity index (χ4v) is 1.54. The van der Waals surface area contributed by atoms with Crippen LogP contribution in [0.2, 0.25) is 0 Å². The molecule has 2 aromatic rings. The van der Waals surface area contributed by atoms with Gasteiger partial charge in [-0.2, -0.15) is 0 Å². The molecule has 13 heavy (non-hydrogen) atoms. The summed E-state index contributed by atoms with van der Waals surface area (Å²) in [4.78, 5) is 0. The molecule has 0 aliphatic rings. The molecule has 1 aromatic carbocycles. The van der Waals surface area contributed by atoms with E-state index in [1.165, 1.54) is 5.56 Å². The lowest BCUT2D eigenvalue weighted by Crippen LogP contribution is -1.83. The normalized spacial score (nSPS) is 11.4. The number of rotatable bonds is 1. The van der Waals surface area contributed by atoms with E-state index in [0.29, 0.717) is 5.92 Å². The first-order valence-corrected chi connectivity index (χ1v) is 4.55. The van der Waals surface area contributed by atoms with E-state index in [0.717, 1.165) is 16.7 Å². The Hall–Kier alpha value is -1.31. The summed E-state index contributed by atoms with van der Waals surface area (Å²) < 4.78 is 5.31. The highest BCUT2D eigenvalue weighted by Gasteiger charge is 2.12. The molecule has 0 radical (unpaired) electrons. The second-order valence-corrected chi connectivity index (χ2v) is 3.67. The molecule has 0 spiro atoms. The predicted molar refractivity (Wildman–Crippen MR) is 52.8 cm³/mol. The van der Waals surface area contributed by atoms with E-state index in [4.69, 9.17) is 4.52 Å². The Morgan fingerprint density at radius 2 is 2.08 bits per heavy atom. The zero-order valence-electron chi connectivity index (χ0n) is 8.16. The van der Waals surface area contributed by atoms with Crippen molar-refractivity contribution in [2.45, 2.75) is 26.7 Å². The van der Waals surface area contributed by atoms with E-state index in [9.17, 15) is 0 Å². The van der Waals surface area contributed by atoms with Crippen LogP contribution >= 0.6 is 0 Å². The molecule has 0 fully saturated rings. The van der Waals surface area contributed by atoms with Gasteiger partial charge in [0.2, 0.25) is 0 Å². The van der Waals surface area contributed by atoms with E-state index in [1.54, 1.807) is 0 Å². The Bertz CT molecular complexity index is 429. The average Bonchev–Trinajstić information content (AvgIpc) is 2.48. The summed E-state index contributed by atoms with van der Waals surface area (Å²) in [5, 5.41) is 5.21. The molecule has 68 valence electrons. The molecule has 2 heteroatoms. The number of fused-ring (bicyclic) bond motifs is 1. The fraction of sp³-hybridized carbons (Fsp3) is 0.364. The fourth-order valence-electron chi connectivity index (χ4n) is 1.54. The van der Waals surface area contributed by atoms with Gasteiger partial charge in [0, 0.05) is 11.3 Å². The van der Waals surface area contributed by atoms with Crippen molar-refractivity contribution in [3.05, 3.63) is 29.5 Å². The van der Waals surface area contributed by atoms with Crippen LogP contribution in [0.1, 0.15) is 31.1 Å².